The molecule has 1 amide bonds. The topological polar surface area (TPSA) is 85.6 Å². The van der Waals surface area contributed by atoms with Gasteiger partial charge in [0.25, 0.3) is 5.91 Å². The standard InChI is InChI=1S/C17H15Cl2NO5/c1-8-6-14(21)24-9(2)15(8)17(23)25-10(3)16(22)20-13-5-4-11(18)7-12(13)19/h4-7,10H,1-3H3,(H,20,22). The van der Waals surface area contributed by atoms with Crippen LogP contribution in [0.25, 0.3) is 0 Å². The van der Waals surface area contributed by atoms with E-state index in [9.17, 15) is 14.4 Å². The van der Waals surface area contributed by atoms with Gasteiger partial charge in [-0.1, -0.05) is 23.2 Å². The van der Waals surface area contributed by atoms with Gasteiger partial charge in [-0.25, -0.2) is 9.59 Å². The van der Waals surface area contributed by atoms with Crippen LogP contribution < -0.4 is 10.9 Å². The highest BCUT2D eigenvalue weighted by atomic mass is 35.5. The van der Waals surface area contributed by atoms with Gasteiger partial charge in [0, 0.05) is 11.1 Å². The molecule has 2 rings (SSSR count). The minimum atomic E-state index is -1.09. The lowest BCUT2D eigenvalue weighted by Crippen LogP contribution is -2.30. The number of benzene rings is 1. The third-order valence-corrected chi connectivity index (χ3v) is 3.93. The summed E-state index contributed by atoms with van der Waals surface area (Å²) in [6, 6.07) is 5.77. The molecule has 1 atom stereocenters. The smallest absolute Gasteiger partial charge is 0.342 e. The van der Waals surface area contributed by atoms with E-state index < -0.39 is 23.6 Å². The van der Waals surface area contributed by atoms with Crippen molar-refractivity contribution in [2.24, 2.45) is 0 Å². The van der Waals surface area contributed by atoms with Crippen LogP contribution in [0.15, 0.2) is 33.5 Å². The molecule has 0 aliphatic rings. The van der Waals surface area contributed by atoms with Gasteiger partial charge in [-0.3, -0.25) is 4.79 Å². The molecule has 0 saturated heterocycles. The van der Waals surface area contributed by atoms with E-state index in [-0.39, 0.29) is 16.3 Å². The van der Waals surface area contributed by atoms with Crippen LogP contribution in [0.5, 0.6) is 0 Å². The Morgan fingerprint density at radius 3 is 2.48 bits per heavy atom. The van der Waals surface area contributed by atoms with Gasteiger partial charge in [-0.15, -0.1) is 0 Å². The molecule has 0 saturated carbocycles. The van der Waals surface area contributed by atoms with Crippen LogP contribution in [0, 0.1) is 13.8 Å². The highest BCUT2D eigenvalue weighted by Gasteiger charge is 2.23. The van der Waals surface area contributed by atoms with E-state index in [1.54, 1.807) is 13.0 Å². The van der Waals surface area contributed by atoms with Crippen molar-refractivity contribution < 1.29 is 18.7 Å². The number of rotatable bonds is 4. The number of carbonyl (C=O) groups is 2. The fourth-order valence-electron chi connectivity index (χ4n) is 2.16. The predicted molar refractivity (Wildman–Crippen MR) is 94.4 cm³/mol. The van der Waals surface area contributed by atoms with Crippen LogP contribution in [-0.2, 0) is 9.53 Å². The van der Waals surface area contributed by atoms with Gasteiger partial charge in [-0.05, 0) is 44.5 Å². The Morgan fingerprint density at radius 2 is 1.88 bits per heavy atom. The summed E-state index contributed by atoms with van der Waals surface area (Å²) in [5.41, 5.74) is 0.308. The molecule has 1 aromatic heterocycles. The monoisotopic (exact) mass is 383 g/mol. The summed E-state index contributed by atoms with van der Waals surface area (Å²) < 4.78 is 10.0. The molecular weight excluding hydrogens is 369 g/mol. The molecule has 0 aliphatic heterocycles. The predicted octanol–water partition coefficient (Wildman–Crippen LogP) is 3.75. The quantitative estimate of drug-likeness (QED) is 0.812. The fourth-order valence-corrected chi connectivity index (χ4v) is 2.62. The molecule has 8 heteroatoms. The molecule has 0 radical (unpaired) electrons. The Hall–Kier alpha value is -2.31. The number of carbonyl (C=O) groups excluding carboxylic acids is 2. The number of hydrogen-bond donors (Lipinski definition) is 1. The summed E-state index contributed by atoms with van der Waals surface area (Å²) in [5, 5.41) is 3.24. The molecule has 2 aromatic rings. The Balaban J connectivity index is 2.11. The number of halogens is 2. The average Bonchev–Trinajstić information content (AvgIpc) is 2.48. The first kappa shape index (κ1) is 19.0. The van der Waals surface area contributed by atoms with E-state index in [0.717, 1.165) is 0 Å². The van der Waals surface area contributed by atoms with E-state index in [1.807, 2.05) is 0 Å². The van der Waals surface area contributed by atoms with Gasteiger partial charge in [0.2, 0.25) is 0 Å². The van der Waals surface area contributed by atoms with Crippen LogP contribution in [0.3, 0.4) is 0 Å². The number of aryl methyl sites for hydroxylation is 2. The second-order valence-corrected chi connectivity index (χ2v) is 6.18. The lowest BCUT2D eigenvalue weighted by Gasteiger charge is -2.15. The molecule has 1 N–H and O–H groups in total. The van der Waals surface area contributed by atoms with Crippen LogP contribution >= 0.6 is 23.2 Å². The molecule has 25 heavy (non-hydrogen) atoms. The molecule has 132 valence electrons. The first-order valence-corrected chi connectivity index (χ1v) is 8.03. The van der Waals surface area contributed by atoms with Crippen LogP contribution in [-0.4, -0.2) is 18.0 Å². The van der Waals surface area contributed by atoms with Crippen molar-refractivity contribution in [2.45, 2.75) is 26.9 Å². The summed E-state index contributed by atoms with van der Waals surface area (Å²) in [6.07, 6.45) is -1.09. The van der Waals surface area contributed by atoms with E-state index in [4.69, 9.17) is 32.4 Å². The summed E-state index contributed by atoms with van der Waals surface area (Å²) in [6.45, 7) is 4.47. The van der Waals surface area contributed by atoms with E-state index in [0.29, 0.717) is 16.3 Å². The Kier molecular flexibility index (Phi) is 5.87. The molecule has 1 unspecified atom stereocenters. The minimum absolute atomic E-state index is 0.115. The second-order valence-electron chi connectivity index (χ2n) is 5.34. The van der Waals surface area contributed by atoms with E-state index in [1.165, 1.54) is 32.0 Å². The Bertz CT molecular complexity index is 865. The summed E-state index contributed by atoms with van der Waals surface area (Å²) in [7, 11) is 0. The normalized spacial score (nSPS) is 11.7. The lowest BCUT2D eigenvalue weighted by atomic mass is 10.1. The third-order valence-electron chi connectivity index (χ3n) is 3.38. The number of esters is 1. The maximum atomic E-state index is 12.3. The van der Waals surface area contributed by atoms with Gasteiger partial charge in [0.05, 0.1) is 10.7 Å². The third kappa shape index (κ3) is 4.61. The molecule has 0 bridgehead atoms. The van der Waals surface area contributed by atoms with Crippen molar-refractivity contribution in [3.63, 3.8) is 0 Å². The van der Waals surface area contributed by atoms with Crippen molar-refractivity contribution in [3.05, 3.63) is 61.6 Å². The number of anilines is 1. The fraction of sp³-hybridized carbons (Fsp3) is 0.235. The van der Waals surface area contributed by atoms with Crippen molar-refractivity contribution in [3.8, 4) is 0 Å². The molecule has 0 aliphatic carbocycles. The Morgan fingerprint density at radius 1 is 1.20 bits per heavy atom. The maximum Gasteiger partial charge on any atom is 0.342 e. The van der Waals surface area contributed by atoms with Crippen molar-refractivity contribution in [1.29, 1.82) is 0 Å². The second kappa shape index (κ2) is 7.72. The van der Waals surface area contributed by atoms with Crippen LogP contribution in [0.2, 0.25) is 10.0 Å². The van der Waals surface area contributed by atoms with Crippen molar-refractivity contribution >= 4 is 40.8 Å². The molecule has 1 aromatic carbocycles. The minimum Gasteiger partial charge on any atom is -0.449 e. The number of nitrogens with one attached hydrogen (secondary N) is 1. The molecule has 0 fully saturated rings. The summed E-state index contributed by atoms with van der Waals surface area (Å²) in [4.78, 5) is 35.7. The van der Waals surface area contributed by atoms with Gasteiger partial charge in [0.1, 0.15) is 11.3 Å². The number of amides is 1. The molecule has 6 nitrogen and oxygen atoms in total. The van der Waals surface area contributed by atoms with Gasteiger partial charge in [0.15, 0.2) is 6.10 Å². The average molecular weight is 384 g/mol. The van der Waals surface area contributed by atoms with Gasteiger partial charge < -0.3 is 14.5 Å². The zero-order valence-corrected chi connectivity index (χ0v) is 15.2. The first-order valence-electron chi connectivity index (χ1n) is 7.27. The van der Waals surface area contributed by atoms with E-state index in [2.05, 4.69) is 5.32 Å². The first-order chi connectivity index (χ1) is 11.7. The maximum absolute atomic E-state index is 12.3. The molecule has 1 heterocycles. The van der Waals surface area contributed by atoms with Gasteiger partial charge in [-0.2, -0.15) is 0 Å². The number of ether oxygens (including phenoxy) is 1. The SMILES string of the molecule is Cc1cc(=O)oc(C)c1C(=O)OC(C)C(=O)Nc1ccc(Cl)cc1Cl. The van der Waals surface area contributed by atoms with E-state index >= 15 is 0 Å². The summed E-state index contributed by atoms with van der Waals surface area (Å²) in [5.74, 6) is -1.20. The van der Waals surface area contributed by atoms with Crippen molar-refractivity contribution in [1.82, 2.24) is 0 Å². The zero-order valence-electron chi connectivity index (χ0n) is 13.7. The lowest BCUT2D eigenvalue weighted by molar-refractivity contribution is -0.123. The number of hydrogen-bond acceptors (Lipinski definition) is 5. The van der Waals surface area contributed by atoms with Gasteiger partial charge >= 0.3 is 11.6 Å². The Labute approximate surface area is 153 Å². The van der Waals surface area contributed by atoms with Crippen LogP contribution in [0.1, 0.15) is 28.6 Å². The largest absolute Gasteiger partial charge is 0.449 e. The molecular formula is C17H15Cl2NO5. The highest BCUT2D eigenvalue weighted by Crippen LogP contribution is 2.25. The van der Waals surface area contributed by atoms with Crippen molar-refractivity contribution in [2.75, 3.05) is 5.32 Å². The highest BCUT2D eigenvalue weighted by molar-refractivity contribution is 6.36. The zero-order chi connectivity index (χ0) is 18.7. The van der Waals surface area contributed by atoms with Crippen LogP contribution in [0.4, 0.5) is 5.69 Å². The molecule has 0 spiro atoms. The summed E-state index contributed by atoms with van der Waals surface area (Å²) >= 11 is 11.8.